The summed E-state index contributed by atoms with van der Waals surface area (Å²) >= 11 is 0. The van der Waals surface area contributed by atoms with Gasteiger partial charge in [-0.2, -0.15) is 4.31 Å². The molecule has 3 heterocycles. The third kappa shape index (κ3) is 32.3. The average Bonchev–Trinajstić information content (AvgIpc) is 0.945. The Morgan fingerprint density at radius 1 is 0.477 bits per heavy atom. The number of para-hydroxylation sites is 2. The zero-order chi connectivity index (χ0) is 83.7. The number of ether oxygens (including phenoxy) is 3. The van der Waals surface area contributed by atoms with Crippen molar-refractivity contribution >= 4 is 67.1 Å². The molecule has 0 saturated carbocycles. The van der Waals surface area contributed by atoms with Gasteiger partial charge in [0.15, 0.2) is 34.7 Å². The summed E-state index contributed by atoms with van der Waals surface area (Å²) in [7, 11) is -0.0449. The van der Waals surface area contributed by atoms with Gasteiger partial charge in [-0.05, 0) is 128 Å². The number of nitrogens with zero attached hydrogens (tertiary/aromatic N) is 3. The third-order valence-electron chi connectivity index (χ3n) is 18.2. The lowest BCUT2D eigenvalue weighted by Gasteiger charge is -2.28. The number of likely N-dealkylation sites (N-methyl/N-ethyl adjacent to an activating group) is 1. The van der Waals surface area contributed by atoms with Crippen LogP contribution in [0.25, 0.3) is 10.9 Å². The Morgan fingerprint density at radius 3 is 1.46 bits per heavy atom. The second kappa shape index (κ2) is 41.4. The van der Waals surface area contributed by atoms with E-state index in [1.807, 2.05) is 241 Å². The number of Topliss-reactive ketones (excluding diaryl/α,β-unsaturated/α-hetero) is 7. The maximum absolute atomic E-state index is 12.2. The molecular formula is C95H127N3O12S. The van der Waals surface area contributed by atoms with E-state index in [0.717, 1.165) is 81.4 Å². The first kappa shape index (κ1) is 94.3. The third-order valence-corrected chi connectivity index (χ3v) is 20.0. The van der Waals surface area contributed by atoms with Crippen LogP contribution in [0, 0.1) is 51.8 Å². The standard InChI is InChI=1S/C15H21NO.C14H15NO.C14H20O2.C14H20O.C13H19NO3S.C13H16O2.C12H16O2/c1-15(2,3)14(17)12-7-8-13-11(10-12)6-5-9-16(13)4;1-14(2,3)13(16)12-9-8-10-6-4-5-7-11(10)15-12;1-11-5-7-12(8-6-11)9-16-10-13(15)14(2,3)4;1-11-5-7-12(8-6-11)9-10-13(15)14(2,3)4;1-13(2,3)12(15)10-14(4)18(16,17)11-8-6-5-7-9-11;1-13(2,3)12(14)10-4-5-11-9(8-10)6-7-15-11;1-12(2,3)11(13)9-14-10-7-5-4-6-8-10/h7-8,10H,5-6,9H2,1-4H3;4-9H,1-3H3;5-8H,9-10H2,1-4H3;5-8H,9-10H2,1-4H3;5-9H,10H2,1-4H3;4-5,8H,6-7H2,1-3H3;4-8H,9H2,1-3H3. The van der Waals surface area contributed by atoms with Crippen molar-refractivity contribution in [3.05, 3.63) is 232 Å². The lowest BCUT2D eigenvalue weighted by molar-refractivity contribution is -0.131. The molecular weight excluding hydrogens is 1410 g/mol. The van der Waals surface area contributed by atoms with Crippen LogP contribution in [-0.4, -0.2) is 105 Å². The molecule has 0 bridgehead atoms. The van der Waals surface area contributed by atoms with E-state index in [1.54, 1.807) is 45.0 Å². The fraction of sp³-hybridized carbons (Fsp3) is 0.453. The first-order chi connectivity index (χ1) is 51.3. The topological polar surface area (TPSA) is 201 Å². The van der Waals surface area contributed by atoms with E-state index in [1.165, 1.54) is 53.5 Å². The number of carbonyl (C=O) groups excluding carboxylic acids is 7. The van der Waals surface area contributed by atoms with Gasteiger partial charge in [-0.3, -0.25) is 33.6 Å². The zero-order valence-electron chi connectivity index (χ0n) is 71.2. The van der Waals surface area contributed by atoms with E-state index < -0.39 is 15.4 Å². The van der Waals surface area contributed by atoms with Crippen LogP contribution in [0.1, 0.15) is 223 Å². The quantitative estimate of drug-likeness (QED) is 0.0779. The van der Waals surface area contributed by atoms with Crippen LogP contribution >= 0.6 is 0 Å². The number of pyridine rings is 1. The molecule has 7 aromatic carbocycles. The van der Waals surface area contributed by atoms with E-state index in [4.69, 9.17) is 14.2 Å². The maximum Gasteiger partial charge on any atom is 0.243 e. The minimum atomic E-state index is -3.58. The fourth-order valence-electron chi connectivity index (χ4n) is 10.4. The van der Waals surface area contributed by atoms with E-state index in [-0.39, 0.29) is 91.8 Å². The largest absolute Gasteiger partial charge is 0.493 e. The van der Waals surface area contributed by atoms with Gasteiger partial charge in [0.25, 0.3) is 0 Å². The van der Waals surface area contributed by atoms with Gasteiger partial charge in [-0.15, -0.1) is 0 Å². The van der Waals surface area contributed by atoms with Crippen molar-refractivity contribution < 1.29 is 56.2 Å². The molecule has 0 radical (unpaired) electrons. The molecule has 0 saturated heterocycles. The zero-order valence-corrected chi connectivity index (χ0v) is 72.1. The average molecular weight is 1540 g/mol. The van der Waals surface area contributed by atoms with Gasteiger partial charge in [-0.1, -0.05) is 266 Å². The summed E-state index contributed by atoms with van der Waals surface area (Å²) in [5.41, 5.74) is 9.30. The van der Waals surface area contributed by atoms with Crippen LogP contribution in [-0.2, 0) is 59.8 Å². The van der Waals surface area contributed by atoms with Gasteiger partial charge in [0, 0.05) is 93.6 Å². The number of hydrogen-bond acceptors (Lipinski definition) is 14. The second-order valence-electron chi connectivity index (χ2n) is 35.7. The molecule has 1 aromatic heterocycles. The van der Waals surface area contributed by atoms with Gasteiger partial charge in [0.05, 0.1) is 30.2 Å². The SMILES string of the molecule is CC(C)(C)C(=O)COc1ccccc1.CC(C)(C)C(=O)c1ccc2c(c1)CCO2.CC(C)(C)C(=O)c1ccc2ccccc2n1.CN(CC(=O)C(C)(C)C)S(=O)(=O)c1ccccc1.CN1CCCc2cc(C(=O)C(C)(C)C)ccc21.Cc1ccc(CCC(=O)C(C)(C)C)cc1.Cc1ccc(COCC(=O)C(C)(C)C)cc1. The Balaban J connectivity index is 0.000000274. The number of aryl methyl sites for hydroxylation is 4. The van der Waals surface area contributed by atoms with E-state index in [0.29, 0.717) is 24.5 Å². The highest BCUT2D eigenvalue weighted by Gasteiger charge is 2.31. The molecule has 15 nitrogen and oxygen atoms in total. The van der Waals surface area contributed by atoms with Crippen molar-refractivity contribution in [2.45, 2.75) is 203 Å². The minimum Gasteiger partial charge on any atom is -0.493 e. The van der Waals surface area contributed by atoms with Crippen molar-refractivity contribution in [3.63, 3.8) is 0 Å². The molecule has 0 N–H and O–H groups in total. The number of sulfonamides is 1. The van der Waals surface area contributed by atoms with Crippen LogP contribution in [0.2, 0.25) is 0 Å². The van der Waals surface area contributed by atoms with Gasteiger partial charge in [0.1, 0.15) is 36.2 Å². The van der Waals surface area contributed by atoms with E-state index >= 15 is 0 Å². The monoisotopic (exact) mass is 1530 g/mol. The minimum absolute atomic E-state index is 0.0817. The molecule has 2 aliphatic heterocycles. The lowest BCUT2D eigenvalue weighted by Crippen LogP contribution is -2.37. The predicted octanol–water partition coefficient (Wildman–Crippen LogP) is 20.9. The Kier molecular flexibility index (Phi) is 35.2. The number of rotatable bonds is 17. The van der Waals surface area contributed by atoms with Crippen LogP contribution in [0.5, 0.6) is 11.5 Å². The Morgan fingerprint density at radius 2 is 0.946 bits per heavy atom. The van der Waals surface area contributed by atoms with Gasteiger partial charge >= 0.3 is 0 Å². The number of carbonyl (C=O) groups is 7. The van der Waals surface area contributed by atoms with Crippen LogP contribution in [0.15, 0.2) is 187 Å². The van der Waals surface area contributed by atoms with Crippen molar-refractivity contribution in [1.29, 1.82) is 0 Å². The summed E-state index contributed by atoms with van der Waals surface area (Å²) in [4.78, 5) is 89.8. The predicted molar refractivity (Wildman–Crippen MR) is 453 cm³/mol. The van der Waals surface area contributed by atoms with Gasteiger partial charge < -0.3 is 19.1 Å². The summed E-state index contributed by atoms with van der Waals surface area (Å²) in [5.74, 6) is 2.66. The second-order valence-corrected chi connectivity index (χ2v) is 37.8. The molecule has 600 valence electrons. The number of aromatic nitrogens is 1. The van der Waals surface area contributed by atoms with E-state index in [2.05, 4.69) is 60.3 Å². The Hall–Kier alpha value is -9.09. The normalized spacial score (nSPS) is 12.7. The lowest BCUT2D eigenvalue weighted by atomic mass is 9.85. The summed E-state index contributed by atoms with van der Waals surface area (Å²) in [6, 6.07) is 57.5. The summed E-state index contributed by atoms with van der Waals surface area (Å²) in [5, 5.41) is 1.06. The first-order valence-electron chi connectivity index (χ1n) is 38.4. The molecule has 0 amide bonds. The molecule has 0 unspecified atom stereocenters. The number of anilines is 1. The number of hydrogen-bond donors (Lipinski definition) is 0. The molecule has 0 spiro atoms. The van der Waals surface area contributed by atoms with Crippen molar-refractivity contribution in [2.75, 3.05) is 51.9 Å². The van der Waals surface area contributed by atoms with E-state index in [9.17, 15) is 42.0 Å². The smallest absolute Gasteiger partial charge is 0.243 e. The number of ketones is 7. The van der Waals surface area contributed by atoms with Crippen LogP contribution < -0.4 is 14.4 Å². The number of fused-ring (bicyclic) bond motifs is 3. The molecule has 16 heteroatoms. The van der Waals surface area contributed by atoms with Crippen LogP contribution in [0.3, 0.4) is 0 Å². The summed E-state index contributed by atoms with van der Waals surface area (Å²) < 4.78 is 41.6. The maximum atomic E-state index is 12.2. The highest BCUT2D eigenvalue weighted by Crippen LogP contribution is 2.32. The molecule has 2 aliphatic rings. The Bertz CT molecular complexity index is 4480. The van der Waals surface area contributed by atoms with Gasteiger partial charge in [-0.25, -0.2) is 13.4 Å². The Labute approximate surface area is 665 Å². The molecule has 0 fully saturated rings. The molecule has 8 aromatic rings. The molecule has 10 rings (SSSR count). The van der Waals surface area contributed by atoms with Crippen molar-refractivity contribution in [2.24, 2.45) is 37.9 Å². The highest BCUT2D eigenvalue weighted by molar-refractivity contribution is 7.89. The summed E-state index contributed by atoms with van der Waals surface area (Å²) in [6.45, 7) is 46.8. The van der Waals surface area contributed by atoms with Gasteiger partial charge in [0.2, 0.25) is 10.0 Å². The van der Waals surface area contributed by atoms with Crippen LogP contribution in [0.4, 0.5) is 5.69 Å². The number of benzene rings is 7. The van der Waals surface area contributed by atoms with Crippen molar-refractivity contribution in [1.82, 2.24) is 9.29 Å². The summed E-state index contributed by atoms with van der Waals surface area (Å²) in [6.07, 6.45) is 4.69. The molecule has 0 atom stereocenters. The molecule has 0 aliphatic carbocycles. The van der Waals surface area contributed by atoms with Crippen molar-refractivity contribution in [3.8, 4) is 11.5 Å². The first-order valence-corrected chi connectivity index (χ1v) is 39.9. The molecule has 111 heavy (non-hydrogen) atoms. The highest BCUT2D eigenvalue weighted by atomic mass is 32.2. The fourth-order valence-corrected chi connectivity index (χ4v) is 11.6.